The summed E-state index contributed by atoms with van der Waals surface area (Å²) in [6.45, 7) is 0.793. The number of carbonyl (C=O) groups excluding carboxylic acids is 1. The number of rotatable bonds is 3. The highest BCUT2D eigenvalue weighted by Crippen LogP contribution is 2.30. The number of piperidine rings is 1. The zero-order valence-electron chi connectivity index (χ0n) is 11.8. The second-order valence-corrected chi connectivity index (χ2v) is 5.18. The molecule has 1 aliphatic rings. The Morgan fingerprint density at radius 2 is 2.29 bits per heavy atom. The third-order valence-corrected chi connectivity index (χ3v) is 3.79. The summed E-state index contributed by atoms with van der Waals surface area (Å²) in [5.74, 6) is 0.721. The third-order valence-electron chi connectivity index (χ3n) is 3.79. The highest BCUT2D eigenvalue weighted by molar-refractivity contribution is 5.91. The summed E-state index contributed by atoms with van der Waals surface area (Å²) < 4.78 is 5.22. The van der Waals surface area contributed by atoms with Crippen LogP contribution in [-0.4, -0.2) is 22.3 Å². The van der Waals surface area contributed by atoms with Gasteiger partial charge in [0.25, 0.3) is 0 Å². The molecule has 0 radical (unpaired) electrons. The molecule has 1 aliphatic heterocycles. The van der Waals surface area contributed by atoms with Crippen molar-refractivity contribution < 1.29 is 9.21 Å². The van der Waals surface area contributed by atoms with Crippen molar-refractivity contribution in [2.75, 3.05) is 6.54 Å². The Bertz CT molecular complexity index is 605. The van der Waals surface area contributed by atoms with E-state index >= 15 is 0 Å². The predicted octanol–water partition coefficient (Wildman–Crippen LogP) is 3.44. The monoisotopic (exact) mass is 282 g/mol. The van der Waals surface area contributed by atoms with Crippen molar-refractivity contribution in [2.24, 2.45) is 0 Å². The number of hydrogen-bond acceptors (Lipinski definition) is 3. The number of hydrogen-bond donors (Lipinski definition) is 0. The Morgan fingerprint density at radius 1 is 1.33 bits per heavy atom. The van der Waals surface area contributed by atoms with Gasteiger partial charge in [-0.05, 0) is 49.1 Å². The lowest BCUT2D eigenvalue weighted by molar-refractivity contribution is -0.129. The highest BCUT2D eigenvalue weighted by Gasteiger charge is 2.26. The van der Waals surface area contributed by atoms with Crippen molar-refractivity contribution >= 4 is 12.0 Å². The lowest BCUT2D eigenvalue weighted by atomic mass is 9.96. The average molecular weight is 282 g/mol. The van der Waals surface area contributed by atoms with Crippen molar-refractivity contribution in [1.82, 2.24) is 9.88 Å². The fraction of sp³-hybridized carbons (Fsp3) is 0.294. The Hall–Kier alpha value is -2.36. The van der Waals surface area contributed by atoms with Crippen molar-refractivity contribution in [2.45, 2.75) is 25.3 Å². The number of amides is 1. The summed E-state index contributed by atoms with van der Waals surface area (Å²) in [6.07, 6.45) is 11.7. The van der Waals surface area contributed by atoms with Gasteiger partial charge in [-0.15, -0.1) is 0 Å². The lowest BCUT2D eigenvalue weighted by Gasteiger charge is -2.35. The molecule has 0 saturated carbocycles. The van der Waals surface area contributed by atoms with Crippen molar-refractivity contribution in [1.29, 1.82) is 0 Å². The molecule has 4 heteroatoms. The second-order valence-electron chi connectivity index (χ2n) is 5.18. The fourth-order valence-electron chi connectivity index (χ4n) is 2.75. The molecule has 108 valence electrons. The molecule has 1 unspecified atom stereocenters. The molecule has 2 aromatic rings. The van der Waals surface area contributed by atoms with Gasteiger partial charge in [-0.2, -0.15) is 0 Å². The summed E-state index contributed by atoms with van der Waals surface area (Å²) in [6, 6.07) is 7.73. The van der Waals surface area contributed by atoms with Gasteiger partial charge in [-0.25, -0.2) is 0 Å². The van der Waals surface area contributed by atoms with Crippen LogP contribution in [0.5, 0.6) is 0 Å². The van der Waals surface area contributed by atoms with Gasteiger partial charge in [0.2, 0.25) is 5.91 Å². The Morgan fingerprint density at radius 3 is 3.05 bits per heavy atom. The van der Waals surface area contributed by atoms with Crippen LogP contribution in [0.25, 0.3) is 6.08 Å². The van der Waals surface area contributed by atoms with Crippen LogP contribution in [0.2, 0.25) is 0 Å². The number of nitrogens with zero attached hydrogens (tertiary/aromatic N) is 2. The van der Waals surface area contributed by atoms with Crippen LogP contribution in [-0.2, 0) is 4.79 Å². The fourth-order valence-corrected chi connectivity index (χ4v) is 2.75. The smallest absolute Gasteiger partial charge is 0.247 e. The first-order valence-electron chi connectivity index (χ1n) is 7.27. The van der Waals surface area contributed by atoms with Crippen molar-refractivity contribution in [3.8, 4) is 0 Å². The normalized spacial score (nSPS) is 19.0. The first-order chi connectivity index (χ1) is 10.3. The van der Waals surface area contributed by atoms with Crippen LogP contribution in [0.1, 0.15) is 36.6 Å². The maximum atomic E-state index is 12.5. The van der Waals surface area contributed by atoms with Gasteiger partial charge < -0.3 is 9.32 Å². The number of pyridine rings is 1. The maximum absolute atomic E-state index is 12.5. The summed E-state index contributed by atoms with van der Waals surface area (Å²) in [5.41, 5.74) is 1.11. The van der Waals surface area contributed by atoms with Gasteiger partial charge in [-0.3, -0.25) is 9.78 Å². The molecule has 0 bridgehead atoms. The first kappa shape index (κ1) is 13.6. The van der Waals surface area contributed by atoms with E-state index in [4.69, 9.17) is 4.42 Å². The zero-order chi connectivity index (χ0) is 14.5. The first-order valence-corrected chi connectivity index (χ1v) is 7.27. The summed E-state index contributed by atoms with van der Waals surface area (Å²) in [4.78, 5) is 18.6. The third kappa shape index (κ3) is 3.21. The summed E-state index contributed by atoms with van der Waals surface area (Å²) in [7, 11) is 0. The van der Waals surface area contributed by atoms with Gasteiger partial charge in [0, 0.05) is 25.0 Å². The lowest BCUT2D eigenvalue weighted by Crippen LogP contribution is -2.37. The Labute approximate surface area is 124 Å². The minimum absolute atomic E-state index is 0.0277. The number of aromatic nitrogens is 1. The van der Waals surface area contributed by atoms with E-state index in [0.29, 0.717) is 5.76 Å². The minimum Gasteiger partial charge on any atom is -0.465 e. The molecule has 1 amide bonds. The molecule has 4 nitrogen and oxygen atoms in total. The Balaban J connectivity index is 1.76. The highest BCUT2D eigenvalue weighted by atomic mass is 16.3. The van der Waals surface area contributed by atoms with Gasteiger partial charge in [0.15, 0.2) is 0 Å². The second kappa shape index (κ2) is 6.39. The van der Waals surface area contributed by atoms with Crippen molar-refractivity contribution in [3.63, 3.8) is 0 Å². The van der Waals surface area contributed by atoms with Gasteiger partial charge in [0.05, 0.1) is 12.3 Å². The van der Waals surface area contributed by atoms with E-state index in [1.54, 1.807) is 24.6 Å². The van der Waals surface area contributed by atoms with E-state index in [1.165, 1.54) is 0 Å². The molecule has 3 rings (SSSR count). The molecule has 0 aromatic carbocycles. The molecule has 21 heavy (non-hydrogen) atoms. The molecular formula is C17H18N2O2. The number of furan rings is 1. The van der Waals surface area contributed by atoms with Crippen LogP contribution >= 0.6 is 0 Å². The molecule has 1 atom stereocenters. The quantitative estimate of drug-likeness (QED) is 0.810. The van der Waals surface area contributed by atoms with Crippen LogP contribution in [0.3, 0.4) is 0 Å². The van der Waals surface area contributed by atoms with Gasteiger partial charge in [0.1, 0.15) is 5.76 Å². The van der Waals surface area contributed by atoms with Crippen LogP contribution in [0.4, 0.5) is 0 Å². The van der Waals surface area contributed by atoms with Gasteiger partial charge in [-0.1, -0.05) is 6.07 Å². The number of carbonyl (C=O) groups is 1. The molecule has 3 heterocycles. The van der Waals surface area contributed by atoms with E-state index in [1.807, 2.05) is 35.4 Å². The average Bonchev–Trinajstić information content (AvgIpc) is 3.07. The van der Waals surface area contributed by atoms with Crippen LogP contribution < -0.4 is 0 Å². The number of likely N-dealkylation sites (tertiary alicyclic amines) is 1. The SMILES string of the molecule is O=C(C=Cc1ccco1)N1CCCCC1c1cccnc1. The maximum Gasteiger partial charge on any atom is 0.247 e. The van der Waals surface area contributed by atoms with E-state index in [9.17, 15) is 4.79 Å². The molecular weight excluding hydrogens is 264 g/mol. The van der Waals surface area contributed by atoms with Crippen LogP contribution in [0, 0.1) is 0 Å². The Kier molecular flexibility index (Phi) is 4.15. The molecule has 1 saturated heterocycles. The summed E-state index contributed by atoms with van der Waals surface area (Å²) >= 11 is 0. The van der Waals surface area contributed by atoms with E-state index < -0.39 is 0 Å². The predicted molar refractivity (Wildman–Crippen MR) is 80.3 cm³/mol. The molecule has 0 aliphatic carbocycles. The summed E-state index contributed by atoms with van der Waals surface area (Å²) in [5, 5.41) is 0. The standard InChI is InChI=1S/C17H18N2O2/c20-17(9-8-15-6-4-12-21-15)19-11-2-1-7-16(19)14-5-3-10-18-13-14/h3-6,8-10,12-13,16H,1-2,7,11H2. The molecule has 2 aromatic heterocycles. The molecule has 0 spiro atoms. The largest absolute Gasteiger partial charge is 0.465 e. The molecule has 1 fully saturated rings. The van der Waals surface area contributed by atoms with E-state index in [0.717, 1.165) is 31.4 Å². The van der Waals surface area contributed by atoms with E-state index in [2.05, 4.69) is 4.98 Å². The van der Waals surface area contributed by atoms with E-state index in [-0.39, 0.29) is 11.9 Å². The van der Waals surface area contributed by atoms with Gasteiger partial charge >= 0.3 is 0 Å². The topological polar surface area (TPSA) is 46.3 Å². The minimum atomic E-state index is 0.0277. The van der Waals surface area contributed by atoms with Crippen molar-refractivity contribution in [3.05, 3.63) is 60.3 Å². The van der Waals surface area contributed by atoms with Crippen LogP contribution in [0.15, 0.2) is 53.4 Å². The zero-order valence-corrected chi connectivity index (χ0v) is 11.8. The molecule has 0 N–H and O–H groups in total.